The van der Waals surface area contributed by atoms with Gasteiger partial charge in [-0.05, 0) is 55.6 Å². The number of hydrogen-bond donors (Lipinski definition) is 3. The van der Waals surface area contributed by atoms with Crippen molar-refractivity contribution in [3.8, 4) is 0 Å². The van der Waals surface area contributed by atoms with E-state index in [1.54, 1.807) is 0 Å². The first-order valence-electron chi connectivity index (χ1n) is 8.53. The van der Waals surface area contributed by atoms with Crippen LogP contribution in [0.2, 0.25) is 0 Å². The van der Waals surface area contributed by atoms with E-state index >= 15 is 0 Å². The lowest BCUT2D eigenvalue weighted by atomic mass is 9.96. The quantitative estimate of drug-likeness (QED) is 0.685. The molecule has 6 heteroatoms. The fourth-order valence-corrected chi connectivity index (χ4v) is 3.43. The van der Waals surface area contributed by atoms with Crippen LogP contribution in [0.5, 0.6) is 0 Å². The smallest absolute Gasteiger partial charge is 0.272 e. The van der Waals surface area contributed by atoms with Crippen LogP contribution in [-0.4, -0.2) is 27.6 Å². The number of aryl methyl sites for hydroxylation is 2. The molecule has 2 aromatic heterocycles. The minimum Gasteiger partial charge on any atom is -0.346 e. The number of carbonyl (C=O) groups excluding carboxylic acids is 1. The zero-order valence-corrected chi connectivity index (χ0v) is 14.4. The molecule has 0 unspecified atom stereocenters. The van der Waals surface area contributed by atoms with E-state index in [2.05, 4.69) is 25.8 Å². The van der Waals surface area contributed by atoms with Gasteiger partial charge in [-0.1, -0.05) is 11.6 Å². The van der Waals surface area contributed by atoms with Crippen LogP contribution >= 0.6 is 0 Å². The number of hydrogen-bond acceptors (Lipinski definition) is 4. The molecular formula is C19H21N5O. The zero-order chi connectivity index (χ0) is 17.4. The van der Waals surface area contributed by atoms with E-state index in [4.69, 9.17) is 0 Å². The number of amides is 1. The van der Waals surface area contributed by atoms with Gasteiger partial charge in [-0.25, -0.2) is 0 Å². The Morgan fingerprint density at radius 3 is 3.08 bits per heavy atom. The summed E-state index contributed by atoms with van der Waals surface area (Å²) in [6.45, 7) is 6.28. The SMILES string of the molecule is Cc1ccc2[nH]nc(C(=O)NCc3c(C)ncc4c3CCNC4)c2c1. The summed E-state index contributed by atoms with van der Waals surface area (Å²) >= 11 is 0. The number of rotatable bonds is 3. The number of nitrogens with zero attached hydrogens (tertiary/aromatic N) is 2. The van der Waals surface area contributed by atoms with Gasteiger partial charge in [-0.3, -0.25) is 14.9 Å². The third kappa shape index (κ3) is 2.89. The number of H-pyrrole nitrogens is 1. The molecule has 1 aliphatic heterocycles. The van der Waals surface area contributed by atoms with Crippen molar-refractivity contribution in [1.82, 2.24) is 25.8 Å². The first-order chi connectivity index (χ1) is 12.1. The van der Waals surface area contributed by atoms with Gasteiger partial charge in [0.15, 0.2) is 5.69 Å². The van der Waals surface area contributed by atoms with Crippen LogP contribution in [0, 0.1) is 13.8 Å². The van der Waals surface area contributed by atoms with Gasteiger partial charge < -0.3 is 10.6 Å². The van der Waals surface area contributed by atoms with Gasteiger partial charge in [-0.2, -0.15) is 5.10 Å². The average Bonchev–Trinajstić information content (AvgIpc) is 3.03. The van der Waals surface area contributed by atoms with Gasteiger partial charge in [0.05, 0.1) is 5.52 Å². The Balaban J connectivity index is 1.59. The first kappa shape index (κ1) is 15.8. The number of benzene rings is 1. The maximum Gasteiger partial charge on any atom is 0.272 e. The number of aromatic nitrogens is 3. The van der Waals surface area contributed by atoms with Crippen molar-refractivity contribution in [1.29, 1.82) is 0 Å². The van der Waals surface area contributed by atoms with Crippen LogP contribution in [0.25, 0.3) is 10.9 Å². The maximum absolute atomic E-state index is 12.7. The summed E-state index contributed by atoms with van der Waals surface area (Å²) in [5.41, 5.74) is 7.06. The van der Waals surface area contributed by atoms with E-state index in [0.717, 1.165) is 47.2 Å². The summed E-state index contributed by atoms with van der Waals surface area (Å²) in [6.07, 6.45) is 2.90. The van der Waals surface area contributed by atoms with Crippen LogP contribution in [0.3, 0.4) is 0 Å². The van der Waals surface area contributed by atoms with Crippen molar-refractivity contribution >= 4 is 16.8 Å². The molecule has 0 saturated heterocycles. The lowest BCUT2D eigenvalue weighted by Gasteiger charge is -2.21. The lowest BCUT2D eigenvalue weighted by molar-refractivity contribution is 0.0947. The molecule has 0 radical (unpaired) electrons. The molecule has 0 saturated carbocycles. The van der Waals surface area contributed by atoms with Crippen molar-refractivity contribution < 1.29 is 4.79 Å². The highest BCUT2D eigenvalue weighted by atomic mass is 16.1. The van der Waals surface area contributed by atoms with Crippen LogP contribution in [0.15, 0.2) is 24.4 Å². The number of nitrogens with one attached hydrogen (secondary N) is 3. The Bertz CT molecular complexity index is 960. The van der Waals surface area contributed by atoms with Crippen LogP contribution < -0.4 is 10.6 Å². The molecule has 1 aromatic carbocycles. The number of aromatic amines is 1. The molecule has 0 bridgehead atoms. The van der Waals surface area contributed by atoms with E-state index < -0.39 is 0 Å². The van der Waals surface area contributed by atoms with Gasteiger partial charge in [0.2, 0.25) is 0 Å². The Kier molecular flexibility index (Phi) is 3.97. The summed E-state index contributed by atoms with van der Waals surface area (Å²) in [6, 6.07) is 5.93. The van der Waals surface area contributed by atoms with Gasteiger partial charge in [-0.15, -0.1) is 0 Å². The summed E-state index contributed by atoms with van der Waals surface area (Å²) in [5, 5.41) is 14.4. The molecule has 1 aliphatic rings. The van der Waals surface area contributed by atoms with Gasteiger partial charge in [0.25, 0.3) is 5.91 Å². The predicted molar refractivity (Wildman–Crippen MR) is 96.4 cm³/mol. The van der Waals surface area contributed by atoms with E-state index in [-0.39, 0.29) is 5.91 Å². The van der Waals surface area contributed by atoms with Crippen molar-refractivity contribution in [3.63, 3.8) is 0 Å². The van der Waals surface area contributed by atoms with E-state index in [0.29, 0.717) is 12.2 Å². The normalized spacial score (nSPS) is 13.7. The predicted octanol–water partition coefficient (Wildman–Crippen LogP) is 2.15. The Morgan fingerprint density at radius 1 is 1.32 bits per heavy atom. The Morgan fingerprint density at radius 2 is 2.20 bits per heavy atom. The zero-order valence-electron chi connectivity index (χ0n) is 14.4. The maximum atomic E-state index is 12.7. The second-order valence-corrected chi connectivity index (χ2v) is 6.56. The molecule has 3 N–H and O–H groups in total. The minimum absolute atomic E-state index is 0.164. The molecule has 1 amide bonds. The molecule has 0 fully saturated rings. The average molecular weight is 335 g/mol. The van der Waals surface area contributed by atoms with E-state index in [1.807, 2.05) is 38.2 Å². The van der Waals surface area contributed by atoms with Crippen molar-refractivity contribution in [2.45, 2.75) is 33.4 Å². The molecule has 25 heavy (non-hydrogen) atoms. The van der Waals surface area contributed by atoms with Gasteiger partial charge in [0, 0.05) is 30.4 Å². The highest BCUT2D eigenvalue weighted by Crippen LogP contribution is 2.21. The molecule has 0 atom stereocenters. The van der Waals surface area contributed by atoms with Crippen LogP contribution in [0.4, 0.5) is 0 Å². The third-order valence-electron chi connectivity index (χ3n) is 4.83. The summed E-state index contributed by atoms with van der Waals surface area (Å²) in [5.74, 6) is -0.164. The topological polar surface area (TPSA) is 82.7 Å². The molecule has 0 aliphatic carbocycles. The number of carbonyl (C=O) groups is 1. The molecule has 3 aromatic rings. The van der Waals surface area contributed by atoms with Gasteiger partial charge >= 0.3 is 0 Å². The van der Waals surface area contributed by atoms with Crippen molar-refractivity contribution in [2.24, 2.45) is 0 Å². The second-order valence-electron chi connectivity index (χ2n) is 6.56. The van der Waals surface area contributed by atoms with Crippen LogP contribution in [0.1, 0.15) is 38.4 Å². The summed E-state index contributed by atoms with van der Waals surface area (Å²) < 4.78 is 0. The monoisotopic (exact) mass is 335 g/mol. The highest BCUT2D eigenvalue weighted by molar-refractivity contribution is 6.04. The summed E-state index contributed by atoms with van der Waals surface area (Å²) in [4.78, 5) is 17.1. The second kappa shape index (κ2) is 6.29. The molecular weight excluding hydrogens is 314 g/mol. The number of fused-ring (bicyclic) bond motifs is 2. The first-order valence-corrected chi connectivity index (χ1v) is 8.53. The van der Waals surface area contributed by atoms with Crippen molar-refractivity contribution in [2.75, 3.05) is 6.54 Å². The summed E-state index contributed by atoms with van der Waals surface area (Å²) in [7, 11) is 0. The van der Waals surface area contributed by atoms with E-state index in [9.17, 15) is 4.79 Å². The fourth-order valence-electron chi connectivity index (χ4n) is 3.43. The standard InChI is InChI=1S/C19H21N5O/c1-11-3-4-17-15(7-11)18(24-23-17)19(25)22-10-16-12(2)21-9-13-8-20-6-5-14(13)16/h3-4,7,9,20H,5-6,8,10H2,1-2H3,(H,22,25)(H,23,24). The molecule has 6 nitrogen and oxygen atoms in total. The minimum atomic E-state index is -0.164. The third-order valence-corrected chi connectivity index (χ3v) is 4.83. The lowest BCUT2D eigenvalue weighted by Crippen LogP contribution is -2.29. The van der Waals surface area contributed by atoms with Gasteiger partial charge in [0.1, 0.15) is 0 Å². The fraction of sp³-hybridized carbons (Fsp3) is 0.316. The molecule has 0 spiro atoms. The number of pyridine rings is 1. The molecule has 128 valence electrons. The Labute approximate surface area is 146 Å². The van der Waals surface area contributed by atoms with Crippen molar-refractivity contribution in [3.05, 3.63) is 58.0 Å². The largest absolute Gasteiger partial charge is 0.346 e. The molecule has 4 rings (SSSR count). The molecule has 3 heterocycles. The van der Waals surface area contributed by atoms with Crippen LogP contribution in [-0.2, 0) is 19.5 Å². The highest BCUT2D eigenvalue weighted by Gasteiger charge is 2.18. The Hall–Kier alpha value is -2.73. The van der Waals surface area contributed by atoms with E-state index in [1.165, 1.54) is 11.1 Å².